The van der Waals surface area contributed by atoms with Crippen LogP contribution in [-0.4, -0.2) is 58.2 Å². The molecule has 1 fully saturated rings. The van der Waals surface area contributed by atoms with Crippen molar-refractivity contribution < 1.29 is 15.3 Å². The first-order chi connectivity index (χ1) is 8.16. The highest BCUT2D eigenvalue weighted by atomic mass is 16.4. The maximum atomic E-state index is 9.56. The predicted octanol–water partition coefficient (Wildman–Crippen LogP) is -0.373. The third kappa shape index (κ3) is 3.26. The summed E-state index contributed by atoms with van der Waals surface area (Å²) < 4.78 is 0. The number of aliphatic hydroxyl groups is 3. The van der Waals surface area contributed by atoms with Crippen LogP contribution in [-0.2, 0) is 6.42 Å². The SMILES string of the molecule is OC1[C@H](O)CN(CCc2ccccc2)C[C@@H]1O. The fraction of sp³-hybridized carbons (Fsp3) is 0.538. The van der Waals surface area contributed by atoms with Gasteiger partial charge in [-0.15, -0.1) is 0 Å². The smallest absolute Gasteiger partial charge is 0.108 e. The molecule has 1 aliphatic heterocycles. The molecule has 1 saturated heterocycles. The molecule has 0 radical (unpaired) electrons. The minimum Gasteiger partial charge on any atom is -0.389 e. The molecule has 1 aliphatic rings. The lowest BCUT2D eigenvalue weighted by molar-refractivity contribution is -0.109. The maximum Gasteiger partial charge on any atom is 0.108 e. The van der Waals surface area contributed by atoms with Gasteiger partial charge in [0.25, 0.3) is 0 Å². The summed E-state index contributed by atoms with van der Waals surface area (Å²) in [5.74, 6) is 0. The van der Waals surface area contributed by atoms with E-state index in [0.29, 0.717) is 13.1 Å². The van der Waals surface area contributed by atoms with Gasteiger partial charge in [-0.2, -0.15) is 0 Å². The molecule has 0 amide bonds. The average Bonchev–Trinajstić information content (AvgIpc) is 2.34. The molecule has 4 heteroatoms. The van der Waals surface area contributed by atoms with Crippen molar-refractivity contribution in [1.82, 2.24) is 4.90 Å². The molecule has 0 bridgehead atoms. The zero-order valence-corrected chi connectivity index (χ0v) is 9.74. The van der Waals surface area contributed by atoms with E-state index in [4.69, 9.17) is 0 Å². The quantitative estimate of drug-likeness (QED) is 0.671. The van der Waals surface area contributed by atoms with Crippen LogP contribution in [0.5, 0.6) is 0 Å². The molecule has 2 rings (SSSR count). The lowest BCUT2D eigenvalue weighted by Crippen LogP contribution is -2.55. The third-order valence-corrected chi connectivity index (χ3v) is 3.24. The number of benzene rings is 1. The number of hydrogen-bond acceptors (Lipinski definition) is 4. The molecule has 3 atom stereocenters. The Labute approximate surface area is 101 Å². The van der Waals surface area contributed by atoms with Crippen LogP contribution in [0.25, 0.3) is 0 Å². The Morgan fingerprint density at radius 1 is 1.00 bits per heavy atom. The molecule has 1 aromatic rings. The average molecular weight is 237 g/mol. The van der Waals surface area contributed by atoms with Gasteiger partial charge in [-0.1, -0.05) is 30.3 Å². The molecule has 4 nitrogen and oxygen atoms in total. The highest BCUT2D eigenvalue weighted by Crippen LogP contribution is 2.12. The van der Waals surface area contributed by atoms with E-state index in [0.717, 1.165) is 13.0 Å². The van der Waals surface area contributed by atoms with Crippen LogP contribution in [0.1, 0.15) is 5.56 Å². The van der Waals surface area contributed by atoms with Crippen molar-refractivity contribution in [3.05, 3.63) is 35.9 Å². The normalized spacial score (nSPS) is 30.4. The van der Waals surface area contributed by atoms with Gasteiger partial charge in [0.15, 0.2) is 0 Å². The van der Waals surface area contributed by atoms with Crippen molar-refractivity contribution in [1.29, 1.82) is 0 Å². The minimum atomic E-state index is -1.01. The Balaban J connectivity index is 1.84. The molecular formula is C13H19NO3. The number of piperidine rings is 1. The summed E-state index contributed by atoms with van der Waals surface area (Å²) in [7, 11) is 0. The van der Waals surface area contributed by atoms with Gasteiger partial charge in [0.05, 0.1) is 12.2 Å². The van der Waals surface area contributed by atoms with E-state index in [1.807, 2.05) is 23.1 Å². The van der Waals surface area contributed by atoms with Crippen LogP contribution in [0, 0.1) is 0 Å². The Hall–Kier alpha value is -0.940. The third-order valence-electron chi connectivity index (χ3n) is 3.24. The summed E-state index contributed by atoms with van der Waals surface area (Å²) in [6.07, 6.45) is -1.83. The van der Waals surface area contributed by atoms with E-state index in [1.54, 1.807) is 0 Å². The summed E-state index contributed by atoms with van der Waals surface area (Å²) in [6, 6.07) is 10.1. The second-order valence-electron chi connectivity index (χ2n) is 4.62. The summed E-state index contributed by atoms with van der Waals surface area (Å²) in [4.78, 5) is 1.98. The van der Waals surface area contributed by atoms with Crippen LogP contribution in [0.15, 0.2) is 30.3 Å². The van der Waals surface area contributed by atoms with E-state index >= 15 is 0 Å². The summed E-state index contributed by atoms with van der Waals surface area (Å²) >= 11 is 0. The highest BCUT2D eigenvalue weighted by molar-refractivity contribution is 5.14. The van der Waals surface area contributed by atoms with Crippen molar-refractivity contribution in [3.63, 3.8) is 0 Å². The number of nitrogens with zero attached hydrogens (tertiary/aromatic N) is 1. The molecule has 0 aromatic heterocycles. The number of β-amino-alcohol motifs (C(OH)–C–C–N with tert-alkyl or cyclic N) is 2. The van der Waals surface area contributed by atoms with E-state index < -0.39 is 18.3 Å². The van der Waals surface area contributed by atoms with E-state index in [-0.39, 0.29) is 0 Å². The first kappa shape index (κ1) is 12.5. The number of likely N-dealkylation sites (tertiary alicyclic amines) is 1. The fourth-order valence-electron chi connectivity index (χ4n) is 2.19. The lowest BCUT2D eigenvalue weighted by Gasteiger charge is -2.36. The summed E-state index contributed by atoms with van der Waals surface area (Å²) in [5.41, 5.74) is 1.24. The van der Waals surface area contributed by atoms with Crippen LogP contribution < -0.4 is 0 Å². The molecule has 1 unspecified atom stereocenters. The fourth-order valence-corrected chi connectivity index (χ4v) is 2.19. The molecule has 0 spiro atoms. The van der Waals surface area contributed by atoms with Crippen molar-refractivity contribution in [2.75, 3.05) is 19.6 Å². The summed E-state index contributed by atoms with van der Waals surface area (Å²) in [5, 5.41) is 28.6. The molecule has 3 N–H and O–H groups in total. The van der Waals surface area contributed by atoms with Crippen molar-refractivity contribution in [3.8, 4) is 0 Å². The zero-order chi connectivity index (χ0) is 12.3. The van der Waals surface area contributed by atoms with Gasteiger partial charge >= 0.3 is 0 Å². The van der Waals surface area contributed by atoms with Crippen LogP contribution in [0.3, 0.4) is 0 Å². The molecular weight excluding hydrogens is 218 g/mol. The van der Waals surface area contributed by atoms with Crippen molar-refractivity contribution in [2.45, 2.75) is 24.7 Å². The van der Waals surface area contributed by atoms with Crippen molar-refractivity contribution in [2.24, 2.45) is 0 Å². The lowest BCUT2D eigenvalue weighted by atomic mass is 10.0. The molecule has 1 aromatic carbocycles. The number of aliphatic hydroxyl groups excluding tert-OH is 3. The molecule has 0 saturated carbocycles. The minimum absolute atomic E-state index is 0.422. The Bertz CT molecular complexity index is 332. The van der Waals surface area contributed by atoms with Gasteiger partial charge in [-0.25, -0.2) is 0 Å². The first-order valence-electron chi connectivity index (χ1n) is 5.97. The Morgan fingerprint density at radius 3 is 2.18 bits per heavy atom. The van der Waals surface area contributed by atoms with Gasteiger partial charge in [0.1, 0.15) is 6.10 Å². The van der Waals surface area contributed by atoms with Crippen LogP contribution >= 0.6 is 0 Å². The highest BCUT2D eigenvalue weighted by Gasteiger charge is 2.32. The Morgan fingerprint density at radius 2 is 1.59 bits per heavy atom. The van der Waals surface area contributed by atoms with Crippen molar-refractivity contribution >= 4 is 0 Å². The second kappa shape index (κ2) is 5.60. The van der Waals surface area contributed by atoms with E-state index in [1.165, 1.54) is 5.56 Å². The van der Waals surface area contributed by atoms with Crippen LogP contribution in [0.4, 0.5) is 0 Å². The van der Waals surface area contributed by atoms with Gasteiger partial charge < -0.3 is 15.3 Å². The summed E-state index contributed by atoms with van der Waals surface area (Å²) in [6.45, 7) is 1.63. The van der Waals surface area contributed by atoms with Gasteiger partial charge in [0.2, 0.25) is 0 Å². The first-order valence-corrected chi connectivity index (χ1v) is 5.97. The Kier molecular flexibility index (Phi) is 4.12. The number of rotatable bonds is 3. The number of hydrogen-bond donors (Lipinski definition) is 3. The molecule has 1 heterocycles. The van der Waals surface area contributed by atoms with E-state index in [2.05, 4.69) is 12.1 Å². The topological polar surface area (TPSA) is 63.9 Å². The molecule has 0 aliphatic carbocycles. The van der Waals surface area contributed by atoms with Gasteiger partial charge in [-0.05, 0) is 12.0 Å². The predicted molar refractivity (Wildman–Crippen MR) is 64.6 cm³/mol. The van der Waals surface area contributed by atoms with Gasteiger partial charge in [-0.3, -0.25) is 4.90 Å². The largest absolute Gasteiger partial charge is 0.389 e. The molecule has 94 valence electrons. The maximum absolute atomic E-state index is 9.56. The second-order valence-corrected chi connectivity index (χ2v) is 4.62. The monoisotopic (exact) mass is 237 g/mol. The van der Waals surface area contributed by atoms with E-state index in [9.17, 15) is 15.3 Å². The molecule has 17 heavy (non-hydrogen) atoms. The standard InChI is InChI=1S/C13H19NO3/c15-11-8-14(9-12(16)13(11)17)7-6-10-4-2-1-3-5-10/h1-5,11-13,15-17H,6-9H2/t11-,12+,13?. The van der Waals surface area contributed by atoms with Gasteiger partial charge in [0, 0.05) is 19.6 Å². The van der Waals surface area contributed by atoms with Crippen LogP contribution in [0.2, 0.25) is 0 Å². The zero-order valence-electron chi connectivity index (χ0n) is 9.74.